The molecule has 2 rings (SSSR count). The molecule has 0 atom stereocenters. The average molecular weight is 278 g/mol. The highest BCUT2D eigenvalue weighted by atomic mass is 32.2. The number of hydrogen-bond donors (Lipinski definition) is 0. The Labute approximate surface area is 116 Å². The molecular formula is C14H18N2O2S. The summed E-state index contributed by atoms with van der Waals surface area (Å²) in [6, 6.07) is 7.49. The minimum atomic E-state index is 0.0438. The summed E-state index contributed by atoms with van der Waals surface area (Å²) in [6.45, 7) is 3.34. The van der Waals surface area contributed by atoms with Crippen molar-refractivity contribution in [3.05, 3.63) is 34.6 Å². The van der Waals surface area contributed by atoms with Gasteiger partial charge in [0.1, 0.15) is 0 Å². The number of ether oxygens (including phenoxy) is 1. The number of aromatic nitrogens is 2. The number of thioether (sulfide) groups is 1. The Hall–Kier alpha value is -1.33. The van der Waals surface area contributed by atoms with Crippen LogP contribution >= 0.6 is 11.8 Å². The molecular weight excluding hydrogens is 260 g/mol. The van der Waals surface area contributed by atoms with E-state index >= 15 is 0 Å². The predicted octanol–water partition coefficient (Wildman–Crippen LogP) is 2.55. The zero-order valence-electron chi connectivity index (χ0n) is 11.3. The van der Waals surface area contributed by atoms with E-state index in [0.29, 0.717) is 11.9 Å². The van der Waals surface area contributed by atoms with Crippen molar-refractivity contribution >= 4 is 22.7 Å². The van der Waals surface area contributed by atoms with Crippen molar-refractivity contribution < 1.29 is 4.74 Å². The van der Waals surface area contributed by atoms with Crippen molar-refractivity contribution in [3.63, 3.8) is 0 Å². The first kappa shape index (κ1) is 14.1. The number of hydrogen-bond acceptors (Lipinski definition) is 4. The van der Waals surface area contributed by atoms with Crippen molar-refractivity contribution in [2.75, 3.05) is 19.5 Å². The Morgan fingerprint density at radius 3 is 2.89 bits per heavy atom. The zero-order chi connectivity index (χ0) is 13.7. The SMILES string of the molecule is CCn1c(SCCCOC)nc2ccccc2c1=O. The van der Waals surface area contributed by atoms with Crippen LogP contribution in [0.1, 0.15) is 13.3 Å². The Morgan fingerprint density at radius 2 is 2.16 bits per heavy atom. The minimum absolute atomic E-state index is 0.0438. The Kier molecular flexibility index (Phi) is 4.99. The average Bonchev–Trinajstić information content (AvgIpc) is 2.44. The van der Waals surface area contributed by atoms with E-state index < -0.39 is 0 Å². The maximum Gasteiger partial charge on any atom is 0.262 e. The van der Waals surface area contributed by atoms with Crippen LogP contribution in [0.25, 0.3) is 10.9 Å². The largest absolute Gasteiger partial charge is 0.385 e. The van der Waals surface area contributed by atoms with Crippen LogP contribution in [0.3, 0.4) is 0 Å². The van der Waals surface area contributed by atoms with Crippen LogP contribution < -0.4 is 5.56 Å². The van der Waals surface area contributed by atoms with Crippen LogP contribution in [-0.2, 0) is 11.3 Å². The van der Waals surface area contributed by atoms with Gasteiger partial charge in [0.05, 0.1) is 10.9 Å². The van der Waals surface area contributed by atoms with Crippen LogP contribution in [-0.4, -0.2) is 29.0 Å². The molecule has 19 heavy (non-hydrogen) atoms. The molecule has 0 radical (unpaired) electrons. The summed E-state index contributed by atoms with van der Waals surface area (Å²) in [5.41, 5.74) is 0.814. The molecule has 0 aliphatic rings. The number of fused-ring (bicyclic) bond motifs is 1. The van der Waals surface area contributed by atoms with Crippen LogP contribution in [0.15, 0.2) is 34.2 Å². The first-order chi connectivity index (χ1) is 9.27. The number of rotatable bonds is 6. The lowest BCUT2D eigenvalue weighted by atomic mass is 10.2. The van der Waals surface area contributed by atoms with E-state index in [0.717, 1.165) is 29.5 Å². The van der Waals surface area contributed by atoms with E-state index in [4.69, 9.17) is 4.74 Å². The fourth-order valence-electron chi connectivity index (χ4n) is 1.90. The van der Waals surface area contributed by atoms with Gasteiger partial charge in [0.25, 0.3) is 5.56 Å². The Balaban J connectivity index is 2.34. The molecule has 0 saturated carbocycles. The highest BCUT2D eigenvalue weighted by molar-refractivity contribution is 7.99. The maximum atomic E-state index is 12.4. The Bertz CT molecular complexity index is 610. The highest BCUT2D eigenvalue weighted by Crippen LogP contribution is 2.18. The van der Waals surface area contributed by atoms with Crippen LogP contribution in [0.5, 0.6) is 0 Å². The molecule has 1 aromatic heterocycles. The molecule has 2 aromatic rings. The number of methoxy groups -OCH3 is 1. The first-order valence-electron chi connectivity index (χ1n) is 6.39. The number of benzene rings is 1. The van der Waals surface area contributed by atoms with E-state index in [1.54, 1.807) is 23.4 Å². The topological polar surface area (TPSA) is 44.1 Å². The smallest absolute Gasteiger partial charge is 0.262 e. The quantitative estimate of drug-likeness (QED) is 0.463. The van der Waals surface area contributed by atoms with Crippen LogP contribution in [0.4, 0.5) is 0 Å². The molecule has 0 spiro atoms. The van der Waals surface area contributed by atoms with E-state index in [1.807, 2.05) is 31.2 Å². The third kappa shape index (κ3) is 3.16. The second kappa shape index (κ2) is 6.73. The first-order valence-corrected chi connectivity index (χ1v) is 7.37. The lowest BCUT2D eigenvalue weighted by Crippen LogP contribution is -2.22. The molecule has 0 N–H and O–H groups in total. The third-order valence-electron chi connectivity index (χ3n) is 2.87. The van der Waals surface area contributed by atoms with Crippen molar-refractivity contribution in [1.82, 2.24) is 9.55 Å². The number of nitrogens with zero attached hydrogens (tertiary/aromatic N) is 2. The van der Waals surface area contributed by atoms with E-state index in [2.05, 4.69) is 4.98 Å². The van der Waals surface area contributed by atoms with Crippen molar-refractivity contribution in [3.8, 4) is 0 Å². The van der Waals surface area contributed by atoms with Crippen LogP contribution in [0, 0.1) is 0 Å². The summed E-state index contributed by atoms with van der Waals surface area (Å²) < 4.78 is 6.76. The van der Waals surface area contributed by atoms with Gasteiger partial charge in [-0.1, -0.05) is 23.9 Å². The second-order valence-corrected chi connectivity index (χ2v) is 5.22. The molecule has 0 saturated heterocycles. The molecule has 0 aliphatic carbocycles. The summed E-state index contributed by atoms with van der Waals surface area (Å²) in [4.78, 5) is 16.9. The maximum absolute atomic E-state index is 12.4. The molecule has 0 aliphatic heterocycles. The van der Waals surface area contributed by atoms with E-state index in [-0.39, 0.29) is 5.56 Å². The van der Waals surface area contributed by atoms with E-state index in [9.17, 15) is 4.79 Å². The second-order valence-electron chi connectivity index (χ2n) is 4.16. The third-order valence-corrected chi connectivity index (χ3v) is 3.93. The van der Waals surface area contributed by atoms with Gasteiger partial charge in [-0.15, -0.1) is 0 Å². The summed E-state index contributed by atoms with van der Waals surface area (Å²) in [7, 11) is 1.70. The standard InChI is InChI=1S/C14H18N2O2S/c1-3-16-13(17)11-7-4-5-8-12(11)15-14(16)19-10-6-9-18-2/h4-5,7-8H,3,6,9-10H2,1-2H3. The molecule has 4 nitrogen and oxygen atoms in total. The van der Waals surface area contributed by atoms with Crippen molar-refractivity contribution in [2.24, 2.45) is 0 Å². The van der Waals surface area contributed by atoms with Crippen LogP contribution in [0.2, 0.25) is 0 Å². The van der Waals surface area contributed by atoms with Gasteiger partial charge < -0.3 is 4.74 Å². The van der Waals surface area contributed by atoms with Gasteiger partial charge in [0, 0.05) is 26.0 Å². The van der Waals surface area contributed by atoms with Gasteiger partial charge >= 0.3 is 0 Å². The van der Waals surface area contributed by atoms with Gasteiger partial charge in [0.2, 0.25) is 0 Å². The van der Waals surface area contributed by atoms with Gasteiger partial charge in [-0.25, -0.2) is 4.98 Å². The summed E-state index contributed by atoms with van der Waals surface area (Å²) in [5.74, 6) is 0.901. The predicted molar refractivity (Wildman–Crippen MR) is 78.9 cm³/mol. The minimum Gasteiger partial charge on any atom is -0.385 e. The Morgan fingerprint density at radius 1 is 1.37 bits per heavy atom. The molecule has 5 heteroatoms. The monoisotopic (exact) mass is 278 g/mol. The fourth-order valence-corrected chi connectivity index (χ4v) is 2.88. The molecule has 1 aromatic carbocycles. The molecule has 0 bridgehead atoms. The molecule has 1 heterocycles. The normalized spacial score (nSPS) is 11.1. The van der Waals surface area contributed by atoms with E-state index in [1.165, 1.54) is 0 Å². The van der Waals surface area contributed by atoms with Gasteiger partial charge in [-0.3, -0.25) is 9.36 Å². The summed E-state index contributed by atoms with van der Waals surface area (Å²) in [6.07, 6.45) is 0.952. The fraction of sp³-hybridized carbons (Fsp3) is 0.429. The summed E-state index contributed by atoms with van der Waals surface area (Å²) >= 11 is 1.61. The van der Waals surface area contributed by atoms with Crippen molar-refractivity contribution in [1.29, 1.82) is 0 Å². The lowest BCUT2D eigenvalue weighted by molar-refractivity contribution is 0.200. The molecule has 0 amide bonds. The lowest BCUT2D eigenvalue weighted by Gasteiger charge is -2.10. The van der Waals surface area contributed by atoms with Gasteiger partial charge in [-0.2, -0.15) is 0 Å². The van der Waals surface area contributed by atoms with Gasteiger partial charge in [-0.05, 0) is 25.5 Å². The van der Waals surface area contributed by atoms with Crippen molar-refractivity contribution in [2.45, 2.75) is 25.0 Å². The molecule has 0 fully saturated rings. The molecule has 102 valence electrons. The molecule has 0 unspecified atom stereocenters. The zero-order valence-corrected chi connectivity index (χ0v) is 12.1. The summed E-state index contributed by atoms with van der Waals surface area (Å²) in [5, 5.41) is 1.48. The number of para-hydroxylation sites is 1. The van der Waals surface area contributed by atoms with Gasteiger partial charge in [0.15, 0.2) is 5.16 Å². The highest BCUT2D eigenvalue weighted by Gasteiger charge is 2.09.